The van der Waals surface area contributed by atoms with E-state index in [1.165, 1.54) is 40.0 Å². The van der Waals surface area contributed by atoms with Gasteiger partial charge >= 0.3 is 0 Å². The van der Waals surface area contributed by atoms with Gasteiger partial charge in [-0.25, -0.2) is 0 Å². The summed E-state index contributed by atoms with van der Waals surface area (Å²) in [4.78, 5) is 0. The summed E-state index contributed by atoms with van der Waals surface area (Å²) in [5.74, 6) is 1.19. The Morgan fingerprint density at radius 1 is 0.875 bits per heavy atom. The minimum absolute atomic E-state index is 1.15. The molecule has 2 aromatic rings. The SMILES string of the molecule is CSCCc1ccc(/C=C/c2ccc(C3=CCCC=C3)cc2)cc1. The molecule has 2 aromatic carbocycles. The molecule has 122 valence electrons. The molecule has 1 aliphatic rings. The van der Waals surface area contributed by atoms with Crippen molar-refractivity contribution in [3.8, 4) is 0 Å². The first-order valence-corrected chi connectivity index (χ1v) is 9.97. The zero-order valence-corrected chi connectivity index (χ0v) is 15.1. The van der Waals surface area contributed by atoms with E-state index in [4.69, 9.17) is 0 Å². The number of benzene rings is 2. The van der Waals surface area contributed by atoms with Crippen LogP contribution in [0, 0.1) is 0 Å². The third-order valence-corrected chi connectivity index (χ3v) is 4.89. The minimum atomic E-state index is 1.15. The molecule has 0 amide bonds. The molecule has 1 heteroatoms. The summed E-state index contributed by atoms with van der Waals surface area (Å²) in [7, 11) is 0. The van der Waals surface area contributed by atoms with Gasteiger partial charge in [0, 0.05) is 0 Å². The smallest absolute Gasteiger partial charge is 0.00298 e. The molecule has 0 saturated carbocycles. The van der Waals surface area contributed by atoms with Gasteiger partial charge < -0.3 is 0 Å². The van der Waals surface area contributed by atoms with Crippen molar-refractivity contribution in [3.05, 3.63) is 89.0 Å². The van der Waals surface area contributed by atoms with Gasteiger partial charge in [0.05, 0.1) is 0 Å². The third kappa shape index (κ3) is 4.75. The number of hydrogen-bond acceptors (Lipinski definition) is 1. The Morgan fingerprint density at radius 2 is 1.54 bits per heavy atom. The van der Waals surface area contributed by atoms with Crippen molar-refractivity contribution < 1.29 is 0 Å². The van der Waals surface area contributed by atoms with Crippen molar-refractivity contribution in [2.75, 3.05) is 12.0 Å². The number of hydrogen-bond donors (Lipinski definition) is 0. The first kappa shape index (κ1) is 16.9. The molecule has 0 nitrogen and oxygen atoms in total. The molecule has 0 aromatic heterocycles. The molecule has 0 bridgehead atoms. The molecule has 24 heavy (non-hydrogen) atoms. The van der Waals surface area contributed by atoms with Crippen molar-refractivity contribution in [1.82, 2.24) is 0 Å². The predicted octanol–water partition coefficient (Wildman–Crippen LogP) is 6.50. The summed E-state index contributed by atoms with van der Waals surface area (Å²) in [6, 6.07) is 17.7. The van der Waals surface area contributed by atoms with E-state index >= 15 is 0 Å². The zero-order valence-electron chi connectivity index (χ0n) is 14.2. The number of allylic oxidation sites excluding steroid dienone is 4. The molecule has 1 aliphatic carbocycles. The molecule has 0 saturated heterocycles. The lowest BCUT2D eigenvalue weighted by Crippen LogP contribution is -1.87. The lowest BCUT2D eigenvalue weighted by atomic mass is 9.98. The Bertz CT molecular complexity index is 731. The Hall–Kier alpha value is -1.99. The standard InChI is InChI=1S/C23H24S/c1-24-18-17-21-11-9-19(10-12-21)7-8-20-13-15-23(16-14-20)22-5-3-2-4-6-22/h3,5-16H,2,4,17-18H2,1H3/b8-7+. The first-order valence-electron chi connectivity index (χ1n) is 8.58. The lowest BCUT2D eigenvalue weighted by molar-refractivity contribution is 1.04. The largest absolute Gasteiger partial charge is 0.165 e. The van der Waals surface area contributed by atoms with E-state index in [1.807, 2.05) is 11.8 Å². The van der Waals surface area contributed by atoms with Crippen LogP contribution in [0.4, 0.5) is 0 Å². The minimum Gasteiger partial charge on any atom is -0.165 e. The highest BCUT2D eigenvalue weighted by atomic mass is 32.2. The second-order valence-electron chi connectivity index (χ2n) is 6.08. The Kier molecular flexibility index (Phi) is 6.14. The second kappa shape index (κ2) is 8.75. The van der Waals surface area contributed by atoms with E-state index in [0.29, 0.717) is 0 Å². The zero-order chi connectivity index (χ0) is 16.6. The molecule has 0 fully saturated rings. The number of rotatable bonds is 6. The van der Waals surface area contributed by atoms with Gasteiger partial charge in [-0.2, -0.15) is 11.8 Å². The van der Waals surface area contributed by atoms with Gasteiger partial charge in [-0.1, -0.05) is 78.9 Å². The molecule has 0 aliphatic heterocycles. The summed E-state index contributed by atoms with van der Waals surface area (Å²) < 4.78 is 0. The molecule has 0 atom stereocenters. The molecule has 0 spiro atoms. The van der Waals surface area contributed by atoms with Crippen molar-refractivity contribution in [2.24, 2.45) is 0 Å². The van der Waals surface area contributed by atoms with Gasteiger partial charge in [-0.3, -0.25) is 0 Å². The van der Waals surface area contributed by atoms with Crippen molar-refractivity contribution in [1.29, 1.82) is 0 Å². The van der Waals surface area contributed by atoms with Gasteiger partial charge in [-0.15, -0.1) is 0 Å². The van der Waals surface area contributed by atoms with E-state index in [0.717, 1.165) is 12.8 Å². The average Bonchev–Trinajstić information content (AvgIpc) is 2.67. The number of aryl methyl sites for hydroxylation is 1. The van der Waals surface area contributed by atoms with Crippen LogP contribution in [-0.2, 0) is 6.42 Å². The van der Waals surface area contributed by atoms with E-state index in [9.17, 15) is 0 Å². The molecular formula is C23H24S. The fourth-order valence-electron chi connectivity index (χ4n) is 2.82. The summed E-state index contributed by atoms with van der Waals surface area (Å²) in [6.07, 6.45) is 16.8. The van der Waals surface area contributed by atoms with Gasteiger partial charge in [-0.05, 0) is 59.1 Å². The fraction of sp³-hybridized carbons (Fsp3) is 0.217. The highest BCUT2D eigenvalue weighted by Gasteiger charge is 2.00. The summed E-state index contributed by atoms with van der Waals surface area (Å²) in [5, 5.41) is 0. The van der Waals surface area contributed by atoms with Crippen LogP contribution in [0.2, 0.25) is 0 Å². The number of thioether (sulfide) groups is 1. The van der Waals surface area contributed by atoms with Crippen LogP contribution in [0.1, 0.15) is 35.1 Å². The van der Waals surface area contributed by atoms with E-state index in [-0.39, 0.29) is 0 Å². The highest BCUT2D eigenvalue weighted by molar-refractivity contribution is 7.98. The van der Waals surface area contributed by atoms with Crippen molar-refractivity contribution >= 4 is 29.5 Å². The van der Waals surface area contributed by atoms with Crippen LogP contribution >= 0.6 is 11.8 Å². The van der Waals surface area contributed by atoms with Gasteiger partial charge in [0.1, 0.15) is 0 Å². The maximum absolute atomic E-state index is 2.32. The van der Waals surface area contributed by atoms with E-state index in [1.54, 1.807) is 0 Å². The molecule has 3 rings (SSSR count). The van der Waals surface area contributed by atoms with Crippen LogP contribution in [0.25, 0.3) is 17.7 Å². The predicted molar refractivity (Wildman–Crippen MR) is 110 cm³/mol. The fourth-order valence-corrected chi connectivity index (χ4v) is 3.26. The van der Waals surface area contributed by atoms with Crippen LogP contribution < -0.4 is 0 Å². The monoisotopic (exact) mass is 332 g/mol. The second-order valence-corrected chi connectivity index (χ2v) is 7.06. The molecule has 0 heterocycles. The molecule has 0 radical (unpaired) electrons. The normalized spacial score (nSPS) is 14.1. The van der Waals surface area contributed by atoms with Crippen molar-refractivity contribution in [3.63, 3.8) is 0 Å². The maximum Gasteiger partial charge on any atom is -0.00298 e. The highest BCUT2D eigenvalue weighted by Crippen LogP contribution is 2.22. The average molecular weight is 333 g/mol. The third-order valence-electron chi connectivity index (χ3n) is 4.28. The lowest BCUT2D eigenvalue weighted by Gasteiger charge is -2.07. The van der Waals surface area contributed by atoms with Crippen LogP contribution in [0.3, 0.4) is 0 Å². The van der Waals surface area contributed by atoms with Crippen LogP contribution in [0.5, 0.6) is 0 Å². The Labute approximate surface area is 150 Å². The molecule has 0 N–H and O–H groups in total. The Morgan fingerprint density at radius 3 is 2.12 bits per heavy atom. The van der Waals surface area contributed by atoms with Crippen LogP contribution in [-0.4, -0.2) is 12.0 Å². The van der Waals surface area contributed by atoms with Gasteiger partial charge in [0.2, 0.25) is 0 Å². The molecular weight excluding hydrogens is 308 g/mol. The van der Waals surface area contributed by atoms with Crippen molar-refractivity contribution in [2.45, 2.75) is 19.3 Å². The topological polar surface area (TPSA) is 0 Å². The first-order chi connectivity index (χ1) is 11.8. The summed E-state index contributed by atoms with van der Waals surface area (Å²) in [5.41, 5.74) is 6.56. The maximum atomic E-state index is 2.32. The summed E-state index contributed by atoms with van der Waals surface area (Å²) in [6.45, 7) is 0. The quantitative estimate of drug-likeness (QED) is 0.544. The van der Waals surface area contributed by atoms with Crippen LogP contribution in [0.15, 0.2) is 66.8 Å². The summed E-state index contributed by atoms with van der Waals surface area (Å²) >= 11 is 1.90. The van der Waals surface area contributed by atoms with Gasteiger partial charge in [0.25, 0.3) is 0 Å². The Balaban J connectivity index is 1.64. The van der Waals surface area contributed by atoms with E-state index < -0.39 is 0 Å². The van der Waals surface area contributed by atoms with Gasteiger partial charge in [0.15, 0.2) is 0 Å². The van der Waals surface area contributed by atoms with E-state index in [2.05, 4.69) is 85.2 Å². The molecule has 0 unspecified atom stereocenters.